The van der Waals surface area contributed by atoms with Gasteiger partial charge in [-0.25, -0.2) is 0 Å². The van der Waals surface area contributed by atoms with Crippen LogP contribution in [0.5, 0.6) is 0 Å². The Kier molecular flexibility index (Phi) is 3.71. The molecule has 0 aliphatic heterocycles. The Labute approximate surface area is 122 Å². The molecule has 102 valence electrons. The fourth-order valence-corrected chi connectivity index (χ4v) is 3.01. The number of aryl methyl sites for hydroxylation is 1. The van der Waals surface area contributed by atoms with Gasteiger partial charge in [0.25, 0.3) is 0 Å². The van der Waals surface area contributed by atoms with Crippen LogP contribution in [0, 0.1) is 6.92 Å². The van der Waals surface area contributed by atoms with E-state index in [2.05, 4.69) is 40.6 Å². The first kappa shape index (κ1) is 13.1. The maximum Gasteiger partial charge on any atom is 0.200 e. The predicted octanol–water partition coefficient (Wildman–Crippen LogP) is 2.91. The smallest absolute Gasteiger partial charge is 0.200 e. The fraction of sp³-hybridized carbons (Fsp3) is 0.200. The molecule has 20 heavy (non-hydrogen) atoms. The molecule has 0 radical (unpaired) electrons. The van der Waals surface area contributed by atoms with E-state index in [1.54, 1.807) is 11.8 Å². The van der Waals surface area contributed by atoms with Gasteiger partial charge in [-0.2, -0.15) is 0 Å². The van der Waals surface area contributed by atoms with Gasteiger partial charge < -0.3 is 5.32 Å². The standard InChI is InChI=1S/C15H16N4S/c1-11-9-12(10-16-2)6-7-13(11)20-15-18-17-14-5-3-4-8-19(14)15/h3-9,16H,10H2,1-2H3. The molecule has 3 rings (SSSR count). The summed E-state index contributed by atoms with van der Waals surface area (Å²) in [6.07, 6.45) is 1.99. The lowest BCUT2D eigenvalue weighted by Gasteiger charge is -2.07. The summed E-state index contributed by atoms with van der Waals surface area (Å²) in [5.41, 5.74) is 3.43. The second kappa shape index (κ2) is 5.64. The summed E-state index contributed by atoms with van der Waals surface area (Å²) in [5, 5.41) is 12.5. The zero-order chi connectivity index (χ0) is 13.9. The van der Waals surface area contributed by atoms with E-state index in [4.69, 9.17) is 0 Å². The minimum absolute atomic E-state index is 0.874. The third-order valence-corrected chi connectivity index (χ3v) is 4.24. The van der Waals surface area contributed by atoms with Gasteiger partial charge in [-0.15, -0.1) is 10.2 Å². The van der Waals surface area contributed by atoms with E-state index in [1.165, 1.54) is 16.0 Å². The maximum absolute atomic E-state index is 4.25. The molecule has 0 atom stereocenters. The zero-order valence-electron chi connectivity index (χ0n) is 11.5. The molecule has 0 fully saturated rings. The van der Waals surface area contributed by atoms with E-state index in [-0.39, 0.29) is 0 Å². The topological polar surface area (TPSA) is 42.2 Å². The summed E-state index contributed by atoms with van der Waals surface area (Å²) in [7, 11) is 1.96. The molecule has 0 amide bonds. The molecule has 0 bridgehead atoms. The predicted molar refractivity (Wildman–Crippen MR) is 81.1 cm³/mol. The van der Waals surface area contributed by atoms with Crippen molar-refractivity contribution >= 4 is 17.4 Å². The molecule has 3 aromatic rings. The first-order valence-corrected chi connectivity index (χ1v) is 7.31. The van der Waals surface area contributed by atoms with Crippen molar-refractivity contribution in [2.45, 2.75) is 23.5 Å². The van der Waals surface area contributed by atoms with E-state index in [1.807, 2.05) is 35.8 Å². The highest BCUT2D eigenvalue weighted by Crippen LogP contribution is 2.29. The summed E-state index contributed by atoms with van der Waals surface area (Å²) >= 11 is 1.65. The van der Waals surface area contributed by atoms with Crippen molar-refractivity contribution in [1.29, 1.82) is 0 Å². The molecule has 0 unspecified atom stereocenters. The zero-order valence-corrected chi connectivity index (χ0v) is 12.3. The van der Waals surface area contributed by atoms with Gasteiger partial charge in [0, 0.05) is 17.6 Å². The van der Waals surface area contributed by atoms with Crippen LogP contribution in [0.25, 0.3) is 5.65 Å². The van der Waals surface area contributed by atoms with Crippen molar-refractivity contribution in [3.8, 4) is 0 Å². The highest BCUT2D eigenvalue weighted by Gasteiger charge is 2.08. The third-order valence-electron chi connectivity index (χ3n) is 3.10. The summed E-state index contributed by atoms with van der Waals surface area (Å²) in [4.78, 5) is 1.21. The quantitative estimate of drug-likeness (QED) is 0.800. The van der Waals surface area contributed by atoms with Crippen LogP contribution in [-0.4, -0.2) is 21.6 Å². The second-order valence-electron chi connectivity index (χ2n) is 4.64. The number of benzene rings is 1. The van der Waals surface area contributed by atoms with Crippen molar-refractivity contribution in [2.75, 3.05) is 7.05 Å². The SMILES string of the molecule is CNCc1ccc(Sc2nnc3ccccn23)c(C)c1. The van der Waals surface area contributed by atoms with E-state index in [0.29, 0.717) is 0 Å². The van der Waals surface area contributed by atoms with Crippen LogP contribution >= 0.6 is 11.8 Å². The number of rotatable bonds is 4. The fourth-order valence-electron chi connectivity index (χ4n) is 2.13. The highest BCUT2D eigenvalue weighted by molar-refractivity contribution is 7.99. The molecule has 0 saturated carbocycles. The van der Waals surface area contributed by atoms with Gasteiger partial charge in [0.1, 0.15) is 0 Å². The molecule has 0 aliphatic carbocycles. The molecular formula is C15H16N4S. The van der Waals surface area contributed by atoms with Crippen LogP contribution in [0.3, 0.4) is 0 Å². The van der Waals surface area contributed by atoms with Crippen molar-refractivity contribution in [2.24, 2.45) is 0 Å². The van der Waals surface area contributed by atoms with E-state index < -0.39 is 0 Å². The Morgan fingerprint density at radius 2 is 2.10 bits per heavy atom. The van der Waals surface area contributed by atoms with Crippen molar-refractivity contribution in [3.63, 3.8) is 0 Å². The number of nitrogens with zero attached hydrogens (tertiary/aromatic N) is 3. The van der Waals surface area contributed by atoms with Gasteiger partial charge in [-0.3, -0.25) is 4.40 Å². The van der Waals surface area contributed by atoms with Crippen molar-refractivity contribution in [1.82, 2.24) is 19.9 Å². The monoisotopic (exact) mass is 284 g/mol. The lowest BCUT2D eigenvalue weighted by atomic mass is 10.1. The van der Waals surface area contributed by atoms with Gasteiger partial charge >= 0.3 is 0 Å². The summed E-state index contributed by atoms with van der Waals surface area (Å²) < 4.78 is 2.01. The number of fused-ring (bicyclic) bond motifs is 1. The van der Waals surface area contributed by atoms with Crippen LogP contribution in [0.4, 0.5) is 0 Å². The number of hydrogen-bond acceptors (Lipinski definition) is 4. The maximum atomic E-state index is 4.25. The Hall–Kier alpha value is -1.85. The highest BCUT2D eigenvalue weighted by atomic mass is 32.2. The number of aromatic nitrogens is 3. The summed E-state index contributed by atoms with van der Waals surface area (Å²) in [6.45, 7) is 3.02. The number of pyridine rings is 1. The average molecular weight is 284 g/mol. The summed E-state index contributed by atoms with van der Waals surface area (Å²) in [6, 6.07) is 12.4. The van der Waals surface area contributed by atoms with Gasteiger partial charge in [0.15, 0.2) is 10.8 Å². The van der Waals surface area contributed by atoms with Crippen LogP contribution in [0.1, 0.15) is 11.1 Å². The van der Waals surface area contributed by atoms with E-state index >= 15 is 0 Å². The first-order chi connectivity index (χ1) is 9.78. The van der Waals surface area contributed by atoms with Crippen molar-refractivity contribution in [3.05, 3.63) is 53.7 Å². The third kappa shape index (κ3) is 2.55. The Bertz CT molecular complexity index is 736. The molecular weight excluding hydrogens is 268 g/mol. The van der Waals surface area contributed by atoms with Crippen LogP contribution in [0.2, 0.25) is 0 Å². The minimum Gasteiger partial charge on any atom is -0.316 e. The Morgan fingerprint density at radius 1 is 1.20 bits per heavy atom. The average Bonchev–Trinajstić information content (AvgIpc) is 2.86. The normalized spacial score (nSPS) is 11.1. The van der Waals surface area contributed by atoms with Crippen LogP contribution in [-0.2, 0) is 6.54 Å². The second-order valence-corrected chi connectivity index (χ2v) is 5.65. The molecule has 1 N–H and O–H groups in total. The first-order valence-electron chi connectivity index (χ1n) is 6.49. The van der Waals surface area contributed by atoms with Crippen LogP contribution < -0.4 is 5.32 Å². The minimum atomic E-state index is 0.874. The number of nitrogens with one attached hydrogen (secondary N) is 1. The number of hydrogen-bond donors (Lipinski definition) is 1. The van der Waals surface area contributed by atoms with E-state index in [9.17, 15) is 0 Å². The largest absolute Gasteiger partial charge is 0.316 e. The van der Waals surface area contributed by atoms with Crippen LogP contribution in [0.15, 0.2) is 52.6 Å². The molecule has 0 aliphatic rings. The lowest BCUT2D eigenvalue weighted by molar-refractivity contribution is 0.815. The van der Waals surface area contributed by atoms with Gasteiger partial charge in [-0.05, 0) is 55.1 Å². The molecule has 2 heterocycles. The Morgan fingerprint density at radius 3 is 2.90 bits per heavy atom. The molecule has 5 heteroatoms. The van der Waals surface area contributed by atoms with Gasteiger partial charge in [0.05, 0.1) is 0 Å². The molecule has 2 aromatic heterocycles. The van der Waals surface area contributed by atoms with Gasteiger partial charge in [-0.1, -0.05) is 18.2 Å². The summed E-state index contributed by atoms with van der Waals surface area (Å²) in [5.74, 6) is 0. The Balaban J connectivity index is 1.91. The lowest BCUT2D eigenvalue weighted by Crippen LogP contribution is -2.05. The van der Waals surface area contributed by atoms with Crippen molar-refractivity contribution < 1.29 is 0 Å². The molecule has 4 nitrogen and oxygen atoms in total. The molecule has 1 aromatic carbocycles. The molecule has 0 spiro atoms. The van der Waals surface area contributed by atoms with Gasteiger partial charge in [0.2, 0.25) is 0 Å². The van der Waals surface area contributed by atoms with E-state index in [0.717, 1.165) is 17.3 Å². The molecule has 0 saturated heterocycles.